The topological polar surface area (TPSA) is 90.0 Å². The zero-order chi connectivity index (χ0) is 34.6. The van der Waals surface area contributed by atoms with Gasteiger partial charge in [0, 0.05) is 52.7 Å². The Kier molecular flexibility index (Phi) is 13.4. The highest BCUT2D eigenvalue weighted by molar-refractivity contribution is 6.26. The maximum Gasteiger partial charge on any atom is 0.261 e. The smallest absolute Gasteiger partial charge is 0.261 e. The second-order valence-corrected chi connectivity index (χ2v) is 11.8. The van der Waals surface area contributed by atoms with Gasteiger partial charge >= 0.3 is 0 Å². The molecule has 0 saturated carbocycles. The minimum absolute atomic E-state index is 0.207. The van der Waals surface area contributed by atoms with Crippen molar-refractivity contribution >= 4 is 45.2 Å². The van der Waals surface area contributed by atoms with Crippen molar-refractivity contribution in [2.75, 3.05) is 46.3 Å². The van der Waals surface area contributed by atoms with E-state index in [1.165, 1.54) is 9.80 Å². The minimum Gasteiger partial charge on any atom is -0.317 e. The molecule has 2 aliphatic heterocycles. The van der Waals surface area contributed by atoms with Crippen molar-refractivity contribution < 1.29 is 19.2 Å². The monoisotopic (exact) mass is 650 g/mol. The van der Waals surface area contributed by atoms with Crippen molar-refractivity contribution in [1.29, 1.82) is 0 Å². The summed E-state index contributed by atoms with van der Waals surface area (Å²) >= 11 is 0. The lowest BCUT2D eigenvalue weighted by atomic mass is 9.94. The lowest BCUT2D eigenvalue weighted by molar-refractivity contribution is 0.0586. The number of imide groups is 2. The van der Waals surface area contributed by atoms with Gasteiger partial charge in [-0.3, -0.25) is 29.0 Å². The molecule has 0 fully saturated rings. The largest absolute Gasteiger partial charge is 0.317 e. The average molecular weight is 651 g/mol. The third-order valence-electron chi connectivity index (χ3n) is 8.80. The Balaban J connectivity index is 0.00000125. The molecule has 6 rings (SSSR count). The van der Waals surface area contributed by atoms with Gasteiger partial charge in [-0.15, -0.1) is 0 Å². The van der Waals surface area contributed by atoms with Crippen molar-refractivity contribution in [1.82, 2.24) is 20.0 Å². The van der Waals surface area contributed by atoms with Crippen LogP contribution in [0.5, 0.6) is 0 Å². The van der Waals surface area contributed by atoms with Crippen LogP contribution in [0.3, 0.4) is 0 Å². The highest BCUT2D eigenvalue weighted by Gasteiger charge is 2.33. The van der Waals surface area contributed by atoms with Crippen LogP contribution in [0.2, 0.25) is 0 Å². The Bertz CT molecular complexity index is 1650. The number of nitrogens with one attached hydrogen (secondary N) is 1. The van der Waals surface area contributed by atoms with Gasteiger partial charge in [0.1, 0.15) is 0 Å². The second kappa shape index (κ2) is 17.7. The Morgan fingerprint density at radius 2 is 0.896 bits per heavy atom. The molecule has 254 valence electrons. The van der Waals surface area contributed by atoms with Gasteiger partial charge in [-0.25, -0.2) is 0 Å². The number of rotatable bonds is 14. The predicted octanol–water partition coefficient (Wildman–Crippen LogP) is 7.41. The average Bonchev–Trinajstić information content (AvgIpc) is 3.13. The number of carbonyl (C=O) groups excluding carboxylic acids is 4. The van der Waals surface area contributed by atoms with E-state index in [0.717, 1.165) is 66.9 Å². The Morgan fingerprint density at radius 3 is 1.35 bits per heavy atom. The standard InChI is InChI=1S/C36H38N4O4.2C2H6/c1-38(23-24-40-35(43)29-17-8-13-26-14-9-18-30(32(26)29)36(40)44)21-5-3-2-4-19-37-20-10-22-39-33(41)27-15-6-11-25-12-7-16-28(31(25)27)34(39)42;2*1-2/h6-9,11-18,37H,2-5,10,19-24H2,1H3;2*1-2H3. The molecule has 4 aromatic rings. The second-order valence-electron chi connectivity index (χ2n) is 11.8. The number of amides is 4. The first-order chi connectivity index (χ1) is 23.5. The summed E-state index contributed by atoms with van der Waals surface area (Å²) in [6.45, 7) is 12.0. The Hall–Kier alpha value is -4.40. The van der Waals surface area contributed by atoms with Crippen LogP contribution >= 0.6 is 0 Å². The van der Waals surface area contributed by atoms with Crippen molar-refractivity contribution in [3.8, 4) is 0 Å². The number of likely N-dealkylation sites (N-methyl/N-ethyl adjacent to an activating group) is 1. The summed E-state index contributed by atoms with van der Waals surface area (Å²) in [6, 6.07) is 22.4. The normalized spacial score (nSPS) is 13.5. The van der Waals surface area contributed by atoms with Crippen molar-refractivity contribution in [3.63, 3.8) is 0 Å². The zero-order valence-electron chi connectivity index (χ0n) is 29.2. The first-order valence-electron chi connectivity index (χ1n) is 17.6. The highest BCUT2D eigenvalue weighted by atomic mass is 16.2. The fourth-order valence-electron chi connectivity index (χ4n) is 6.42. The molecule has 2 heterocycles. The van der Waals surface area contributed by atoms with Gasteiger partial charge in [0.2, 0.25) is 0 Å². The molecule has 8 nitrogen and oxygen atoms in total. The van der Waals surface area contributed by atoms with Crippen LogP contribution in [0.15, 0.2) is 72.8 Å². The number of unbranched alkanes of at least 4 members (excludes halogenated alkanes) is 3. The fourth-order valence-corrected chi connectivity index (χ4v) is 6.42. The molecule has 0 saturated heterocycles. The van der Waals surface area contributed by atoms with Crippen molar-refractivity contribution in [2.24, 2.45) is 0 Å². The maximum absolute atomic E-state index is 13.1. The molecule has 0 atom stereocenters. The lowest BCUT2D eigenvalue weighted by Gasteiger charge is -2.28. The third-order valence-corrected chi connectivity index (χ3v) is 8.80. The molecule has 0 aliphatic carbocycles. The summed E-state index contributed by atoms with van der Waals surface area (Å²) < 4.78 is 0. The maximum atomic E-state index is 13.1. The zero-order valence-corrected chi connectivity index (χ0v) is 29.2. The van der Waals surface area contributed by atoms with E-state index in [1.807, 2.05) is 95.4 Å². The van der Waals surface area contributed by atoms with Gasteiger partial charge in [-0.05, 0) is 81.0 Å². The van der Waals surface area contributed by atoms with Crippen molar-refractivity contribution in [3.05, 3.63) is 95.1 Å². The molecule has 2 aliphatic rings. The number of hydrogen-bond donors (Lipinski definition) is 1. The molecule has 0 bridgehead atoms. The summed E-state index contributed by atoms with van der Waals surface area (Å²) in [4.78, 5) is 57.1. The van der Waals surface area contributed by atoms with Crippen LogP contribution < -0.4 is 5.32 Å². The Morgan fingerprint density at radius 1 is 0.500 bits per heavy atom. The molecule has 0 aromatic heterocycles. The van der Waals surface area contributed by atoms with Crippen LogP contribution in [0.25, 0.3) is 21.5 Å². The summed E-state index contributed by atoms with van der Waals surface area (Å²) in [5.74, 6) is -0.836. The van der Waals surface area contributed by atoms with Gasteiger partial charge in [0.15, 0.2) is 0 Å². The van der Waals surface area contributed by atoms with E-state index < -0.39 is 0 Å². The van der Waals surface area contributed by atoms with E-state index in [2.05, 4.69) is 10.2 Å². The molecule has 1 N–H and O–H groups in total. The summed E-state index contributed by atoms with van der Waals surface area (Å²) in [6.07, 6.45) is 5.03. The number of hydrogen-bond acceptors (Lipinski definition) is 6. The highest BCUT2D eigenvalue weighted by Crippen LogP contribution is 2.31. The molecule has 0 spiro atoms. The SMILES string of the molecule is CC.CC.CN(CCCCCCNCCCN1C(=O)c2cccc3cccc(c23)C1=O)CCN1C(=O)c2cccc3cccc(c23)C1=O. The van der Waals surface area contributed by atoms with Gasteiger partial charge in [0.25, 0.3) is 23.6 Å². The summed E-state index contributed by atoms with van der Waals surface area (Å²) in [5, 5.41) is 6.81. The summed E-state index contributed by atoms with van der Waals surface area (Å²) in [7, 11) is 2.03. The van der Waals surface area contributed by atoms with E-state index in [-0.39, 0.29) is 23.6 Å². The molecule has 4 aromatic carbocycles. The molecule has 4 amide bonds. The predicted molar refractivity (Wildman–Crippen MR) is 195 cm³/mol. The minimum atomic E-state index is -0.211. The number of nitrogens with zero attached hydrogens (tertiary/aromatic N) is 3. The van der Waals surface area contributed by atoms with E-state index in [4.69, 9.17) is 0 Å². The molecular formula is C40H50N4O4. The van der Waals surface area contributed by atoms with Crippen LogP contribution in [0.1, 0.15) is 101 Å². The van der Waals surface area contributed by atoms with Gasteiger partial charge in [0.05, 0.1) is 0 Å². The Labute approximate surface area is 285 Å². The fraction of sp³-hybridized carbons (Fsp3) is 0.400. The molecule has 48 heavy (non-hydrogen) atoms. The number of carbonyl (C=O) groups is 4. The quantitative estimate of drug-likeness (QED) is 0.113. The van der Waals surface area contributed by atoms with Crippen LogP contribution in [0.4, 0.5) is 0 Å². The van der Waals surface area contributed by atoms with Crippen LogP contribution in [-0.4, -0.2) is 84.6 Å². The van der Waals surface area contributed by atoms with E-state index in [9.17, 15) is 19.2 Å². The van der Waals surface area contributed by atoms with E-state index in [1.54, 1.807) is 12.1 Å². The van der Waals surface area contributed by atoms with Gasteiger partial charge in [-0.1, -0.05) is 89.1 Å². The molecule has 0 unspecified atom stereocenters. The summed E-state index contributed by atoms with van der Waals surface area (Å²) in [5.41, 5.74) is 2.42. The first kappa shape index (κ1) is 36.4. The van der Waals surface area contributed by atoms with E-state index >= 15 is 0 Å². The van der Waals surface area contributed by atoms with E-state index in [0.29, 0.717) is 48.3 Å². The van der Waals surface area contributed by atoms with Gasteiger partial charge in [-0.2, -0.15) is 0 Å². The molecular weight excluding hydrogens is 600 g/mol. The third kappa shape index (κ3) is 7.83. The van der Waals surface area contributed by atoms with Crippen LogP contribution in [0, 0.1) is 0 Å². The number of benzene rings is 4. The van der Waals surface area contributed by atoms with Crippen molar-refractivity contribution in [2.45, 2.75) is 59.8 Å². The molecule has 8 heteroatoms. The molecule has 0 radical (unpaired) electrons. The van der Waals surface area contributed by atoms with Crippen LogP contribution in [-0.2, 0) is 0 Å². The van der Waals surface area contributed by atoms with Gasteiger partial charge < -0.3 is 10.2 Å². The first-order valence-corrected chi connectivity index (χ1v) is 17.6. The lowest BCUT2D eigenvalue weighted by Crippen LogP contribution is -2.44.